The normalized spacial score (nSPS) is 14.5. The number of H-pyrrole nitrogens is 1. The standard InChI is InChI=1S/C29H30N6O4/c1-4-7-24-23(26(36)34(15-29(3)16-38-17-29)27-30-18(2)32-35(24)27)14-19-10-12-20(13-11-19)21-8-5-6-9-22(21)25-31-28(37)39-33-25/h5-6,8-13H,4,7,14-17H2,1-3H3,(H,31,33,37). The number of fused-ring (bicyclic) bond motifs is 1. The molecule has 5 aromatic rings. The van der Waals surface area contributed by atoms with E-state index in [-0.39, 0.29) is 11.0 Å². The number of benzene rings is 2. The Morgan fingerprint density at radius 1 is 1.05 bits per heavy atom. The van der Waals surface area contributed by atoms with Crippen LogP contribution in [0.1, 0.15) is 42.9 Å². The third kappa shape index (κ3) is 4.61. The van der Waals surface area contributed by atoms with Crippen LogP contribution in [0.2, 0.25) is 0 Å². The van der Waals surface area contributed by atoms with Crippen molar-refractivity contribution >= 4 is 5.78 Å². The molecule has 10 nitrogen and oxygen atoms in total. The van der Waals surface area contributed by atoms with Gasteiger partial charge >= 0.3 is 5.76 Å². The van der Waals surface area contributed by atoms with Gasteiger partial charge in [0.1, 0.15) is 5.82 Å². The van der Waals surface area contributed by atoms with Crippen molar-refractivity contribution < 1.29 is 9.26 Å². The van der Waals surface area contributed by atoms with E-state index in [0.29, 0.717) is 43.6 Å². The predicted octanol–water partition coefficient (Wildman–Crippen LogP) is 3.79. The molecule has 6 rings (SSSR count). The van der Waals surface area contributed by atoms with E-state index in [2.05, 4.69) is 34.1 Å². The van der Waals surface area contributed by atoms with Gasteiger partial charge in [-0.05, 0) is 30.0 Å². The van der Waals surface area contributed by atoms with E-state index >= 15 is 0 Å². The number of hydrogen-bond acceptors (Lipinski definition) is 7. The van der Waals surface area contributed by atoms with Crippen molar-refractivity contribution in [2.45, 2.75) is 46.6 Å². The number of ether oxygens (including phenoxy) is 1. The van der Waals surface area contributed by atoms with Crippen LogP contribution in [0.3, 0.4) is 0 Å². The van der Waals surface area contributed by atoms with Gasteiger partial charge in [0.15, 0.2) is 5.82 Å². The molecule has 2 aromatic carbocycles. The molecule has 10 heteroatoms. The summed E-state index contributed by atoms with van der Waals surface area (Å²) < 4.78 is 13.8. The maximum absolute atomic E-state index is 14.0. The Hall–Kier alpha value is -4.31. The van der Waals surface area contributed by atoms with Crippen LogP contribution >= 0.6 is 0 Å². The van der Waals surface area contributed by atoms with Crippen LogP contribution in [-0.4, -0.2) is 42.5 Å². The van der Waals surface area contributed by atoms with Crippen LogP contribution in [-0.2, 0) is 24.1 Å². The van der Waals surface area contributed by atoms with E-state index < -0.39 is 5.76 Å². The first-order chi connectivity index (χ1) is 18.8. The van der Waals surface area contributed by atoms with Crippen molar-refractivity contribution in [3.8, 4) is 22.5 Å². The molecule has 0 radical (unpaired) electrons. The molecule has 0 amide bonds. The summed E-state index contributed by atoms with van der Waals surface area (Å²) >= 11 is 0. The van der Waals surface area contributed by atoms with Gasteiger partial charge in [-0.2, -0.15) is 10.1 Å². The van der Waals surface area contributed by atoms with E-state index in [4.69, 9.17) is 9.26 Å². The average Bonchev–Trinajstić information content (AvgIpc) is 3.53. The number of nitrogens with one attached hydrogen (secondary N) is 1. The lowest BCUT2D eigenvalue weighted by Crippen LogP contribution is -2.46. The number of rotatable bonds is 8. The Morgan fingerprint density at radius 3 is 2.44 bits per heavy atom. The molecule has 1 aliphatic rings. The Morgan fingerprint density at radius 2 is 1.79 bits per heavy atom. The summed E-state index contributed by atoms with van der Waals surface area (Å²) in [5, 5.41) is 8.53. The second-order valence-corrected chi connectivity index (χ2v) is 10.6. The van der Waals surface area contributed by atoms with Gasteiger partial charge in [0.25, 0.3) is 5.56 Å². The molecule has 0 aliphatic carbocycles. The fraction of sp³-hybridized carbons (Fsp3) is 0.345. The lowest BCUT2D eigenvalue weighted by atomic mass is 9.88. The Balaban J connectivity index is 1.40. The van der Waals surface area contributed by atoms with E-state index in [0.717, 1.165) is 46.4 Å². The highest BCUT2D eigenvalue weighted by molar-refractivity contribution is 5.80. The second-order valence-electron chi connectivity index (χ2n) is 10.6. The quantitative estimate of drug-likeness (QED) is 0.327. The molecular weight excluding hydrogens is 496 g/mol. The zero-order valence-electron chi connectivity index (χ0n) is 22.2. The highest BCUT2D eigenvalue weighted by Crippen LogP contribution is 2.31. The molecule has 39 heavy (non-hydrogen) atoms. The third-order valence-corrected chi connectivity index (χ3v) is 7.24. The van der Waals surface area contributed by atoms with Crippen LogP contribution in [0, 0.1) is 12.3 Å². The maximum atomic E-state index is 14.0. The van der Waals surface area contributed by atoms with Crippen molar-refractivity contribution in [3.05, 3.63) is 92.1 Å². The Labute approximate surface area is 224 Å². The van der Waals surface area contributed by atoms with Crippen molar-refractivity contribution in [2.24, 2.45) is 5.41 Å². The van der Waals surface area contributed by atoms with Crippen LogP contribution < -0.4 is 11.3 Å². The molecule has 200 valence electrons. The average molecular weight is 527 g/mol. The highest BCUT2D eigenvalue weighted by atomic mass is 16.5. The molecule has 3 aromatic heterocycles. The molecule has 1 saturated heterocycles. The summed E-state index contributed by atoms with van der Waals surface area (Å²) in [6.45, 7) is 7.87. The first kappa shape index (κ1) is 25.0. The SMILES string of the molecule is CCCc1c(Cc2ccc(-c3ccccc3-c3noc(=O)[nH]3)cc2)c(=O)n(CC2(C)COC2)c2nc(C)nn12. The molecule has 1 fully saturated rings. The largest absolute Gasteiger partial charge is 0.439 e. The van der Waals surface area contributed by atoms with Gasteiger partial charge in [0.2, 0.25) is 5.78 Å². The number of nitrogens with zero attached hydrogens (tertiary/aromatic N) is 5. The van der Waals surface area contributed by atoms with Crippen molar-refractivity contribution in [1.82, 2.24) is 29.3 Å². The van der Waals surface area contributed by atoms with Crippen LogP contribution in [0.25, 0.3) is 28.3 Å². The van der Waals surface area contributed by atoms with Gasteiger partial charge in [-0.25, -0.2) is 9.31 Å². The third-order valence-electron chi connectivity index (χ3n) is 7.24. The molecule has 0 atom stereocenters. The molecule has 1 N–H and O–H groups in total. The summed E-state index contributed by atoms with van der Waals surface area (Å²) in [7, 11) is 0. The minimum Gasteiger partial charge on any atom is -0.380 e. The topological polar surface area (TPSA) is 120 Å². The minimum atomic E-state index is -0.595. The summed E-state index contributed by atoms with van der Waals surface area (Å²) in [4.78, 5) is 32.8. The fourth-order valence-electron chi connectivity index (χ4n) is 5.30. The van der Waals surface area contributed by atoms with Gasteiger partial charge < -0.3 is 4.74 Å². The first-order valence-corrected chi connectivity index (χ1v) is 13.2. The zero-order valence-corrected chi connectivity index (χ0v) is 22.2. The van der Waals surface area contributed by atoms with E-state index in [1.165, 1.54) is 0 Å². The Kier molecular flexibility index (Phi) is 6.26. The second kappa shape index (κ2) is 9.77. The van der Waals surface area contributed by atoms with Gasteiger partial charge in [0.05, 0.1) is 18.9 Å². The van der Waals surface area contributed by atoms with E-state index in [1.807, 2.05) is 60.0 Å². The van der Waals surface area contributed by atoms with Gasteiger partial charge in [-0.3, -0.25) is 18.9 Å². The van der Waals surface area contributed by atoms with Crippen molar-refractivity contribution in [1.29, 1.82) is 0 Å². The summed E-state index contributed by atoms with van der Waals surface area (Å²) in [5.74, 6) is 1.02. The highest BCUT2D eigenvalue weighted by Gasteiger charge is 2.35. The first-order valence-electron chi connectivity index (χ1n) is 13.2. The smallest absolute Gasteiger partial charge is 0.380 e. The van der Waals surface area contributed by atoms with Crippen molar-refractivity contribution in [2.75, 3.05) is 13.2 Å². The summed E-state index contributed by atoms with van der Waals surface area (Å²) in [6.07, 6.45) is 2.09. The van der Waals surface area contributed by atoms with Crippen LogP contribution in [0.4, 0.5) is 0 Å². The van der Waals surface area contributed by atoms with Gasteiger partial charge in [-0.1, -0.05) is 74.0 Å². The number of aryl methyl sites for hydroxylation is 2. The lowest BCUT2D eigenvalue weighted by molar-refractivity contribution is -0.110. The molecule has 0 bridgehead atoms. The number of aromatic amines is 1. The Bertz CT molecular complexity index is 1770. The van der Waals surface area contributed by atoms with E-state index in [9.17, 15) is 9.59 Å². The van der Waals surface area contributed by atoms with Gasteiger partial charge in [-0.15, -0.1) is 0 Å². The summed E-state index contributed by atoms with van der Waals surface area (Å²) in [5.41, 5.74) is 5.20. The van der Waals surface area contributed by atoms with Crippen LogP contribution in [0.15, 0.2) is 62.6 Å². The molecule has 0 saturated carbocycles. The summed E-state index contributed by atoms with van der Waals surface area (Å²) in [6, 6.07) is 15.8. The minimum absolute atomic E-state index is 0.0177. The number of hydrogen-bond donors (Lipinski definition) is 1. The predicted molar refractivity (Wildman–Crippen MR) is 146 cm³/mol. The molecule has 1 aliphatic heterocycles. The maximum Gasteiger partial charge on any atom is 0.439 e. The van der Waals surface area contributed by atoms with Crippen molar-refractivity contribution in [3.63, 3.8) is 0 Å². The molecular formula is C29H30N6O4. The molecule has 0 spiro atoms. The van der Waals surface area contributed by atoms with Gasteiger partial charge in [0, 0.05) is 29.5 Å². The zero-order chi connectivity index (χ0) is 27.1. The van der Waals surface area contributed by atoms with E-state index in [1.54, 1.807) is 4.57 Å². The lowest BCUT2D eigenvalue weighted by Gasteiger charge is -2.38. The van der Waals surface area contributed by atoms with Crippen LogP contribution in [0.5, 0.6) is 0 Å². The fourth-order valence-corrected chi connectivity index (χ4v) is 5.30. The molecule has 0 unspecified atom stereocenters. The number of aromatic nitrogens is 6. The monoisotopic (exact) mass is 526 g/mol. The molecule has 4 heterocycles.